The van der Waals surface area contributed by atoms with Gasteiger partial charge in [0.2, 0.25) is 5.82 Å². The fraction of sp³-hybridized carbons (Fsp3) is 0.560. The lowest BCUT2D eigenvalue weighted by atomic mass is 9.39. The molecule has 0 saturated carbocycles. The van der Waals surface area contributed by atoms with Gasteiger partial charge in [0.25, 0.3) is 5.82 Å². The molecular formula is C25H35BF2N3+. The standard InChI is InChI=1S/C25H35BF2N3/c1-6-9-11-19-12-10-13-21(16-19)30-14-15-31-23-22(28)17-20(27)18-29(23)25(5,8-3)24(4,7-2)26(30)31/h10,12-13,16-18H,6-9,11,14-15H2,1-5H3/q+1. The lowest BCUT2D eigenvalue weighted by Crippen LogP contribution is -2.75. The molecule has 1 aromatic heterocycles. The molecule has 0 bridgehead atoms. The van der Waals surface area contributed by atoms with Crippen LogP contribution in [0.2, 0.25) is 5.31 Å². The molecule has 166 valence electrons. The Morgan fingerprint density at radius 3 is 2.45 bits per heavy atom. The van der Waals surface area contributed by atoms with Crippen LogP contribution in [-0.2, 0) is 12.0 Å². The third-order valence-electron chi connectivity index (χ3n) is 8.22. The fourth-order valence-corrected chi connectivity index (χ4v) is 5.94. The van der Waals surface area contributed by atoms with Crippen LogP contribution in [-0.4, -0.2) is 20.1 Å². The Labute approximate surface area is 186 Å². The smallest absolute Gasteiger partial charge is 0.370 e. The molecule has 0 aliphatic carbocycles. The van der Waals surface area contributed by atoms with Gasteiger partial charge in [-0.1, -0.05) is 46.2 Å². The van der Waals surface area contributed by atoms with Gasteiger partial charge in [0.1, 0.15) is 11.7 Å². The van der Waals surface area contributed by atoms with Crippen LogP contribution in [0, 0.1) is 11.6 Å². The Hall–Kier alpha value is -2.11. The Kier molecular flexibility index (Phi) is 5.78. The topological polar surface area (TPSA) is 10.4 Å². The average Bonchev–Trinajstić information content (AvgIpc) is 3.21. The third-order valence-corrected chi connectivity index (χ3v) is 8.22. The summed E-state index contributed by atoms with van der Waals surface area (Å²) in [4.78, 5) is 4.63. The van der Waals surface area contributed by atoms with Gasteiger partial charge in [-0.2, -0.15) is 4.39 Å². The number of hydrogen-bond acceptors (Lipinski definition) is 2. The molecule has 4 rings (SSSR count). The molecular weight excluding hydrogens is 391 g/mol. The zero-order valence-electron chi connectivity index (χ0n) is 19.6. The van der Waals surface area contributed by atoms with Crippen molar-refractivity contribution < 1.29 is 13.3 Å². The van der Waals surface area contributed by atoms with E-state index in [1.165, 1.54) is 30.3 Å². The summed E-state index contributed by atoms with van der Waals surface area (Å²) < 4.78 is 31.4. The van der Waals surface area contributed by atoms with E-state index in [9.17, 15) is 4.39 Å². The number of unbranched alkanes of at least 4 members (excludes halogenated alkanes) is 1. The highest BCUT2D eigenvalue weighted by Crippen LogP contribution is 2.55. The van der Waals surface area contributed by atoms with Crippen molar-refractivity contribution in [3.8, 4) is 0 Å². The van der Waals surface area contributed by atoms with Gasteiger partial charge >= 0.3 is 6.98 Å². The molecule has 1 aromatic carbocycles. The second-order valence-electron chi connectivity index (χ2n) is 9.63. The van der Waals surface area contributed by atoms with E-state index in [0.29, 0.717) is 5.82 Å². The highest BCUT2D eigenvalue weighted by Gasteiger charge is 2.69. The van der Waals surface area contributed by atoms with E-state index >= 15 is 4.39 Å². The summed E-state index contributed by atoms with van der Waals surface area (Å²) in [6.07, 6.45) is 6.65. The van der Waals surface area contributed by atoms with Crippen LogP contribution in [0.25, 0.3) is 0 Å². The van der Waals surface area contributed by atoms with Crippen molar-refractivity contribution in [2.45, 2.75) is 77.6 Å². The average molecular weight is 426 g/mol. The zero-order valence-corrected chi connectivity index (χ0v) is 19.6. The second-order valence-corrected chi connectivity index (χ2v) is 9.63. The van der Waals surface area contributed by atoms with Crippen LogP contribution in [0.15, 0.2) is 36.5 Å². The largest absolute Gasteiger partial charge is 0.507 e. The number of hydrogen-bond donors (Lipinski definition) is 0. The van der Waals surface area contributed by atoms with Gasteiger partial charge in [0, 0.05) is 18.3 Å². The Balaban J connectivity index is 1.86. The van der Waals surface area contributed by atoms with E-state index in [4.69, 9.17) is 0 Å². The summed E-state index contributed by atoms with van der Waals surface area (Å²) >= 11 is 0. The molecule has 2 atom stereocenters. The van der Waals surface area contributed by atoms with Crippen LogP contribution in [0.1, 0.15) is 65.9 Å². The first kappa shape index (κ1) is 22.1. The molecule has 2 unspecified atom stereocenters. The monoisotopic (exact) mass is 426 g/mol. The molecule has 2 aliphatic heterocycles. The van der Waals surface area contributed by atoms with E-state index < -0.39 is 17.2 Å². The van der Waals surface area contributed by atoms with E-state index in [-0.39, 0.29) is 12.3 Å². The summed E-state index contributed by atoms with van der Waals surface area (Å²) in [6.45, 7) is 12.6. The molecule has 1 fully saturated rings. The van der Waals surface area contributed by atoms with Gasteiger partial charge in [0.15, 0.2) is 5.82 Å². The van der Waals surface area contributed by atoms with Gasteiger partial charge < -0.3 is 4.81 Å². The van der Waals surface area contributed by atoms with Gasteiger partial charge in [-0.05, 0) is 50.3 Å². The number of pyridine rings is 1. The Morgan fingerprint density at radius 2 is 1.77 bits per heavy atom. The van der Waals surface area contributed by atoms with Crippen molar-refractivity contribution in [3.05, 3.63) is 53.7 Å². The van der Waals surface area contributed by atoms with E-state index in [0.717, 1.165) is 38.4 Å². The first-order chi connectivity index (χ1) is 14.8. The molecule has 0 radical (unpaired) electrons. The van der Waals surface area contributed by atoms with Crippen LogP contribution in [0.5, 0.6) is 0 Å². The number of rotatable bonds is 6. The molecule has 6 heteroatoms. The molecule has 3 heterocycles. The highest BCUT2D eigenvalue weighted by molar-refractivity contribution is 6.71. The van der Waals surface area contributed by atoms with Crippen molar-refractivity contribution in [1.82, 2.24) is 0 Å². The summed E-state index contributed by atoms with van der Waals surface area (Å²) in [7, 11) is 0. The summed E-state index contributed by atoms with van der Waals surface area (Å²) in [5.74, 6) is -0.467. The Bertz CT molecular complexity index is 968. The lowest BCUT2D eigenvalue weighted by molar-refractivity contribution is -0.761. The molecule has 2 aromatic rings. The summed E-state index contributed by atoms with van der Waals surface area (Å²) in [6, 6.07) is 9.87. The first-order valence-corrected chi connectivity index (χ1v) is 11.8. The third kappa shape index (κ3) is 3.25. The minimum absolute atomic E-state index is 0.0174. The van der Waals surface area contributed by atoms with Crippen LogP contribution >= 0.6 is 0 Å². The number of halogens is 2. The molecule has 0 N–H and O–H groups in total. The van der Waals surface area contributed by atoms with Crippen LogP contribution in [0.3, 0.4) is 0 Å². The zero-order chi connectivity index (χ0) is 22.4. The number of fused-ring (bicyclic) bond motifs is 3. The quantitative estimate of drug-likeness (QED) is 0.432. The molecule has 0 amide bonds. The minimum atomic E-state index is -0.516. The van der Waals surface area contributed by atoms with Crippen molar-refractivity contribution in [1.29, 1.82) is 0 Å². The maximum absolute atomic E-state index is 15.2. The van der Waals surface area contributed by atoms with Crippen LogP contribution in [0.4, 0.5) is 20.3 Å². The van der Waals surface area contributed by atoms with Crippen molar-refractivity contribution in [3.63, 3.8) is 0 Å². The van der Waals surface area contributed by atoms with E-state index in [1.807, 2.05) is 4.57 Å². The number of anilines is 2. The van der Waals surface area contributed by atoms with Gasteiger partial charge in [0.05, 0.1) is 11.9 Å². The van der Waals surface area contributed by atoms with Crippen LogP contribution < -0.4 is 14.2 Å². The predicted octanol–water partition coefficient (Wildman–Crippen LogP) is 5.72. The van der Waals surface area contributed by atoms with Gasteiger partial charge in [-0.15, -0.1) is 0 Å². The normalized spacial score (nSPS) is 25.1. The first-order valence-electron chi connectivity index (χ1n) is 11.8. The van der Waals surface area contributed by atoms with Gasteiger partial charge in [-0.25, -0.2) is 8.96 Å². The molecule has 3 nitrogen and oxygen atoms in total. The second kappa shape index (κ2) is 8.11. The van der Waals surface area contributed by atoms with Gasteiger partial charge in [-0.3, -0.25) is 4.81 Å². The number of nitrogens with zero attached hydrogens (tertiary/aromatic N) is 3. The maximum Gasteiger partial charge on any atom is 0.507 e. The minimum Gasteiger partial charge on any atom is -0.370 e. The SMILES string of the molecule is CCCCc1cccc(N2CCN3B2C(C)(CC)C(C)(CC)[n+]2cc(F)cc(F)c23)c1. The molecule has 0 spiro atoms. The predicted molar refractivity (Wildman–Crippen MR) is 125 cm³/mol. The number of aryl methyl sites for hydroxylation is 1. The number of benzene rings is 1. The number of aromatic nitrogens is 1. The maximum atomic E-state index is 15.2. The van der Waals surface area contributed by atoms with E-state index in [1.54, 1.807) is 0 Å². The molecule has 1 saturated heterocycles. The van der Waals surface area contributed by atoms with Crippen molar-refractivity contribution in [2.75, 3.05) is 22.7 Å². The highest BCUT2D eigenvalue weighted by atomic mass is 19.1. The Morgan fingerprint density at radius 1 is 1.03 bits per heavy atom. The lowest BCUT2D eigenvalue weighted by Gasteiger charge is -2.51. The molecule has 2 aliphatic rings. The van der Waals surface area contributed by atoms with Crippen molar-refractivity contribution in [2.24, 2.45) is 0 Å². The van der Waals surface area contributed by atoms with E-state index in [2.05, 4.69) is 68.5 Å². The van der Waals surface area contributed by atoms with Crippen molar-refractivity contribution >= 4 is 18.5 Å². The summed E-state index contributed by atoms with van der Waals surface area (Å²) in [5.41, 5.74) is 2.15. The fourth-order valence-electron chi connectivity index (χ4n) is 5.94. The summed E-state index contributed by atoms with van der Waals surface area (Å²) in [5, 5.41) is -0.199. The molecule has 31 heavy (non-hydrogen) atoms.